The summed E-state index contributed by atoms with van der Waals surface area (Å²) >= 11 is 3.86. The third-order valence-electron chi connectivity index (χ3n) is 9.49. The van der Waals surface area contributed by atoms with Crippen LogP contribution in [-0.4, -0.2) is 14.5 Å². The highest BCUT2D eigenvalue weighted by Gasteiger charge is 2.18. The van der Waals surface area contributed by atoms with E-state index < -0.39 is 0 Å². The van der Waals surface area contributed by atoms with Crippen LogP contribution in [0.5, 0.6) is 0 Å². The molecule has 0 saturated carbocycles. The van der Waals surface area contributed by atoms with Gasteiger partial charge in [-0.05, 0) is 107 Å². The lowest BCUT2D eigenvalue weighted by molar-refractivity contribution is 0.670. The lowest BCUT2D eigenvalue weighted by Gasteiger charge is -2.12. The second-order valence-corrected chi connectivity index (χ2v) is 13.3. The van der Waals surface area contributed by atoms with Gasteiger partial charge in [0, 0.05) is 55.0 Å². The zero-order valence-corrected chi connectivity index (χ0v) is 27.7. The number of hydrogen-bond donors (Lipinski definition) is 0. The Morgan fingerprint density at radius 3 is 2.16 bits per heavy atom. The molecule has 5 heteroatoms. The van der Waals surface area contributed by atoms with Crippen LogP contribution >= 0.6 is 15.9 Å². The summed E-state index contributed by atoms with van der Waals surface area (Å²) in [5.74, 6) is 0. The maximum atomic E-state index is 6.50. The highest BCUT2D eigenvalue weighted by Crippen LogP contribution is 2.41. The Morgan fingerprint density at radius 2 is 1.27 bits per heavy atom. The van der Waals surface area contributed by atoms with Crippen molar-refractivity contribution in [3.05, 3.63) is 162 Å². The van der Waals surface area contributed by atoms with Crippen LogP contribution in [0, 0.1) is 0 Å². The van der Waals surface area contributed by atoms with Crippen LogP contribution in [0.25, 0.3) is 93.8 Å². The van der Waals surface area contributed by atoms with Crippen LogP contribution in [0.2, 0.25) is 0 Å². The van der Waals surface area contributed by atoms with Crippen molar-refractivity contribution in [2.75, 3.05) is 0 Å². The number of para-hydroxylation sites is 3. The zero-order valence-electron chi connectivity index (χ0n) is 26.1. The molecule has 0 aliphatic rings. The quantitative estimate of drug-likeness (QED) is 0.184. The van der Waals surface area contributed by atoms with Gasteiger partial charge in [-0.25, -0.2) is 0 Å². The van der Waals surface area contributed by atoms with Crippen LogP contribution in [0.15, 0.2) is 167 Å². The van der Waals surface area contributed by atoms with Crippen molar-refractivity contribution in [2.45, 2.75) is 0 Å². The topological polar surface area (TPSA) is 43.9 Å². The monoisotopic (exact) mass is 691 g/mol. The second kappa shape index (κ2) is 11.0. The first-order valence-corrected chi connectivity index (χ1v) is 17.0. The van der Waals surface area contributed by atoms with E-state index in [1.807, 2.05) is 36.7 Å². The molecule has 49 heavy (non-hydrogen) atoms. The molecule has 230 valence electrons. The van der Waals surface area contributed by atoms with E-state index >= 15 is 0 Å². The van der Waals surface area contributed by atoms with Gasteiger partial charge in [-0.1, -0.05) is 76.6 Å². The molecule has 4 nitrogen and oxygen atoms in total. The van der Waals surface area contributed by atoms with Gasteiger partial charge >= 0.3 is 0 Å². The molecule has 0 spiro atoms. The summed E-state index contributed by atoms with van der Waals surface area (Å²) in [6, 6.07) is 51.4. The Bertz CT molecular complexity index is 2900. The number of nitrogens with zero attached hydrogens (tertiary/aromatic N) is 3. The molecule has 10 aromatic rings. The minimum Gasteiger partial charge on any atom is -0.455 e. The van der Waals surface area contributed by atoms with Gasteiger partial charge in [0.1, 0.15) is 11.2 Å². The Kier molecular flexibility index (Phi) is 6.30. The summed E-state index contributed by atoms with van der Waals surface area (Å²) in [5.41, 5.74) is 12.4. The minimum absolute atomic E-state index is 0.822. The molecule has 0 unspecified atom stereocenters. The van der Waals surface area contributed by atoms with Crippen molar-refractivity contribution in [2.24, 2.45) is 0 Å². The Labute approximate surface area is 290 Å². The van der Waals surface area contributed by atoms with Gasteiger partial charge in [0.15, 0.2) is 0 Å². The summed E-state index contributed by atoms with van der Waals surface area (Å²) in [4.78, 5) is 9.49. The number of rotatable bonds is 4. The van der Waals surface area contributed by atoms with Crippen LogP contribution in [0.3, 0.4) is 0 Å². The molecule has 0 aliphatic carbocycles. The standard InChI is InChI=1S/C44H26BrN3O/c45-32-20-29(27-16-17-42-36(22-27)34-12-4-6-14-41(34)48(42)33-10-2-1-3-11-33)19-30(21-32)31-23-37-35-13-5-7-15-43(35)49-44(37)38(24-31)40-25-39-28(26-47-40)9-8-18-46-39/h1-26H. The second-order valence-electron chi connectivity index (χ2n) is 12.4. The summed E-state index contributed by atoms with van der Waals surface area (Å²) in [5, 5.41) is 5.60. The molecule has 0 N–H and O–H groups in total. The van der Waals surface area contributed by atoms with E-state index in [9.17, 15) is 0 Å². The first-order valence-electron chi connectivity index (χ1n) is 16.2. The molecule has 10 rings (SSSR count). The number of furan rings is 1. The van der Waals surface area contributed by atoms with Gasteiger partial charge in [0.05, 0.1) is 22.2 Å². The zero-order chi connectivity index (χ0) is 32.5. The summed E-state index contributed by atoms with van der Waals surface area (Å²) in [6.45, 7) is 0. The summed E-state index contributed by atoms with van der Waals surface area (Å²) < 4.78 is 9.86. The minimum atomic E-state index is 0.822. The molecule has 0 bridgehead atoms. The summed E-state index contributed by atoms with van der Waals surface area (Å²) in [7, 11) is 0. The van der Waals surface area contributed by atoms with E-state index in [2.05, 4.69) is 147 Å². The first-order chi connectivity index (χ1) is 24.2. The van der Waals surface area contributed by atoms with E-state index in [1.54, 1.807) is 0 Å². The van der Waals surface area contributed by atoms with Crippen molar-refractivity contribution in [1.82, 2.24) is 14.5 Å². The maximum Gasteiger partial charge on any atom is 0.144 e. The smallest absolute Gasteiger partial charge is 0.144 e. The Morgan fingerprint density at radius 1 is 0.531 bits per heavy atom. The number of aromatic nitrogens is 3. The number of hydrogen-bond acceptors (Lipinski definition) is 3. The largest absolute Gasteiger partial charge is 0.455 e. The average molecular weight is 693 g/mol. The highest BCUT2D eigenvalue weighted by atomic mass is 79.9. The SMILES string of the molecule is Brc1cc(-c2cc(-c3cc4ncccc4cn3)c3oc4ccccc4c3c2)cc(-c2ccc3c(c2)c2ccccc2n3-c2ccccc2)c1. The lowest BCUT2D eigenvalue weighted by atomic mass is 9.94. The molecule has 0 amide bonds. The molecule has 0 radical (unpaired) electrons. The van der Waals surface area contributed by atoms with Gasteiger partial charge in [-0.15, -0.1) is 0 Å². The van der Waals surface area contributed by atoms with E-state index in [0.29, 0.717) is 0 Å². The fraction of sp³-hybridized carbons (Fsp3) is 0. The molecule has 0 fully saturated rings. The predicted molar refractivity (Wildman–Crippen MR) is 205 cm³/mol. The van der Waals surface area contributed by atoms with Gasteiger partial charge in [0.2, 0.25) is 0 Å². The predicted octanol–water partition coefficient (Wildman–Crippen LogP) is 12.4. The maximum absolute atomic E-state index is 6.50. The van der Waals surface area contributed by atoms with Crippen LogP contribution in [0.4, 0.5) is 0 Å². The summed E-state index contributed by atoms with van der Waals surface area (Å²) in [6.07, 6.45) is 3.71. The molecular weight excluding hydrogens is 666 g/mol. The van der Waals surface area contributed by atoms with Crippen LogP contribution < -0.4 is 0 Å². The van der Waals surface area contributed by atoms with E-state index in [0.717, 1.165) is 76.5 Å². The van der Waals surface area contributed by atoms with Crippen LogP contribution in [-0.2, 0) is 0 Å². The van der Waals surface area contributed by atoms with Gasteiger partial charge < -0.3 is 8.98 Å². The fourth-order valence-electron chi connectivity index (χ4n) is 7.23. The Hall–Kier alpha value is -6.04. The van der Waals surface area contributed by atoms with Gasteiger partial charge in [0.25, 0.3) is 0 Å². The molecule has 4 heterocycles. The number of halogens is 1. The average Bonchev–Trinajstić information content (AvgIpc) is 3.70. The molecular formula is C44H26BrN3O. The van der Waals surface area contributed by atoms with Crippen LogP contribution in [0.1, 0.15) is 0 Å². The third kappa shape index (κ3) is 4.58. The lowest BCUT2D eigenvalue weighted by Crippen LogP contribution is -1.92. The first kappa shape index (κ1) is 28.0. The van der Waals surface area contributed by atoms with Crippen molar-refractivity contribution in [3.63, 3.8) is 0 Å². The third-order valence-corrected chi connectivity index (χ3v) is 9.95. The van der Waals surface area contributed by atoms with E-state index in [4.69, 9.17) is 9.40 Å². The normalized spacial score (nSPS) is 11.8. The number of pyridine rings is 2. The van der Waals surface area contributed by atoms with Crippen molar-refractivity contribution < 1.29 is 4.42 Å². The highest BCUT2D eigenvalue weighted by molar-refractivity contribution is 9.10. The Balaban J connectivity index is 1.17. The number of fused-ring (bicyclic) bond motifs is 7. The van der Waals surface area contributed by atoms with Crippen molar-refractivity contribution in [1.29, 1.82) is 0 Å². The van der Waals surface area contributed by atoms with E-state index in [-0.39, 0.29) is 0 Å². The molecule has 6 aromatic carbocycles. The van der Waals surface area contributed by atoms with Crippen molar-refractivity contribution in [3.8, 4) is 39.2 Å². The van der Waals surface area contributed by atoms with Crippen molar-refractivity contribution >= 4 is 70.6 Å². The molecule has 0 aliphatic heterocycles. The fourth-order valence-corrected chi connectivity index (χ4v) is 7.72. The molecule has 4 aromatic heterocycles. The molecule has 0 saturated heterocycles. The molecule has 0 atom stereocenters. The number of benzene rings is 6. The van der Waals surface area contributed by atoms with Gasteiger partial charge in [-0.2, -0.15) is 0 Å². The van der Waals surface area contributed by atoms with Gasteiger partial charge in [-0.3, -0.25) is 9.97 Å². The van der Waals surface area contributed by atoms with E-state index in [1.165, 1.54) is 21.8 Å².